The van der Waals surface area contributed by atoms with E-state index in [9.17, 15) is 4.79 Å². The summed E-state index contributed by atoms with van der Waals surface area (Å²) in [6.45, 7) is 1.92. The van der Waals surface area contributed by atoms with Crippen LogP contribution in [0.3, 0.4) is 0 Å². The molecule has 1 fully saturated rings. The zero-order valence-electron chi connectivity index (χ0n) is 13.1. The van der Waals surface area contributed by atoms with Crippen LogP contribution < -0.4 is 10.1 Å². The Morgan fingerprint density at radius 1 is 1.41 bits per heavy atom. The van der Waals surface area contributed by atoms with Crippen LogP contribution in [0.25, 0.3) is 0 Å². The minimum absolute atomic E-state index is 0.0125. The number of amides is 1. The first kappa shape index (κ1) is 14.7. The van der Waals surface area contributed by atoms with Crippen molar-refractivity contribution in [2.24, 2.45) is 5.92 Å². The lowest BCUT2D eigenvalue weighted by Crippen LogP contribution is -2.38. The molecule has 4 heteroatoms. The van der Waals surface area contributed by atoms with Gasteiger partial charge in [-0.05, 0) is 55.9 Å². The zero-order valence-corrected chi connectivity index (χ0v) is 13.1. The molecule has 1 saturated carbocycles. The van der Waals surface area contributed by atoms with Crippen molar-refractivity contribution in [2.75, 3.05) is 7.11 Å². The molecule has 4 nitrogen and oxygen atoms in total. The van der Waals surface area contributed by atoms with Crippen LogP contribution in [0.15, 0.2) is 36.5 Å². The lowest BCUT2D eigenvalue weighted by Gasteiger charge is -2.19. The first-order valence-electron chi connectivity index (χ1n) is 7.75. The lowest BCUT2D eigenvalue weighted by atomic mass is 10.0. The standard InChI is InChI=1S/C18H22N2O2/c1-12-16(8-9-19-12)18(21)20-17(14-6-7-14)11-13-4-3-5-15(10-13)22-2/h3-5,8-10,14,17,19H,6-7,11H2,1-2H3,(H,20,21). The first-order chi connectivity index (χ1) is 10.7. The summed E-state index contributed by atoms with van der Waals surface area (Å²) in [5.41, 5.74) is 2.84. The number of methoxy groups -OCH3 is 1. The Labute approximate surface area is 130 Å². The molecule has 1 unspecified atom stereocenters. The Kier molecular flexibility index (Phi) is 4.18. The van der Waals surface area contributed by atoms with E-state index < -0.39 is 0 Å². The molecule has 0 saturated heterocycles. The van der Waals surface area contributed by atoms with Gasteiger partial charge in [0, 0.05) is 17.9 Å². The minimum atomic E-state index is 0.0125. The van der Waals surface area contributed by atoms with E-state index in [0.717, 1.165) is 23.4 Å². The predicted octanol–water partition coefficient (Wildman–Crippen LogP) is 3.08. The van der Waals surface area contributed by atoms with E-state index in [1.807, 2.05) is 31.2 Å². The first-order valence-corrected chi connectivity index (χ1v) is 7.75. The number of carbonyl (C=O) groups excluding carboxylic acids is 1. The molecule has 3 rings (SSSR count). The number of nitrogens with one attached hydrogen (secondary N) is 2. The highest BCUT2D eigenvalue weighted by molar-refractivity contribution is 5.95. The van der Waals surface area contributed by atoms with E-state index in [-0.39, 0.29) is 11.9 Å². The summed E-state index contributed by atoms with van der Waals surface area (Å²) in [6.07, 6.45) is 5.04. The molecule has 0 aliphatic heterocycles. The molecule has 1 aromatic heterocycles. The highest BCUT2D eigenvalue weighted by Gasteiger charge is 2.32. The Balaban J connectivity index is 1.70. The number of aromatic nitrogens is 1. The topological polar surface area (TPSA) is 54.1 Å². The zero-order chi connectivity index (χ0) is 15.5. The van der Waals surface area contributed by atoms with Crippen molar-refractivity contribution in [1.29, 1.82) is 0 Å². The molecular weight excluding hydrogens is 276 g/mol. The fourth-order valence-electron chi connectivity index (χ4n) is 2.83. The fourth-order valence-corrected chi connectivity index (χ4v) is 2.83. The van der Waals surface area contributed by atoms with Crippen LogP contribution in [-0.4, -0.2) is 24.0 Å². The quantitative estimate of drug-likeness (QED) is 0.861. The van der Waals surface area contributed by atoms with Crippen LogP contribution in [0.4, 0.5) is 0 Å². The molecule has 0 spiro atoms. The monoisotopic (exact) mass is 298 g/mol. The molecule has 1 heterocycles. The molecule has 1 amide bonds. The van der Waals surface area contributed by atoms with Gasteiger partial charge in [-0.1, -0.05) is 12.1 Å². The summed E-state index contributed by atoms with van der Waals surface area (Å²) in [7, 11) is 1.67. The predicted molar refractivity (Wildman–Crippen MR) is 86.2 cm³/mol. The molecule has 2 aromatic rings. The van der Waals surface area contributed by atoms with Gasteiger partial charge in [-0.3, -0.25) is 4.79 Å². The van der Waals surface area contributed by atoms with Crippen molar-refractivity contribution < 1.29 is 9.53 Å². The minimum Gasteiger partial charge on any atom is -0.497 e. The van der Waals surface area contributed by atoms with E-state index in [4.69, 9.17) is 4.74 Å². The number of H-pyrrole nitrogens is 1. The normalized spacial score (nSPS) is 15.4. The van der Waals surface area contributed by atoms with Gasteiger partial charge in [0.25, 0.3) is 5.91 Å². The second-order valence-corrected chi connectivity index (χ2v) is 5.99. The molecule has 1 aliphatic carbocycles. The van der Waals surface area contributed by atoms with Crippen LogP contribution in [0, 0.1) is 12.8 Å². The number of hydrogen-bond acceptors (Lipinski definition) is 2. The van der Waals surface area contributed by atoms with Gasteiger partial charge in [-0.2, -0.15) is 0 Å². The van der Waals surface area contributed by atoms with E-state index in [1.165, 1.54) is 18.4 Å². The summed E-state index contributed by atoms with van der Waals surface area (Å²) < 4.78 is 5.28. The van der Waals surface area contributed by atoms with Gasteiger partial charge in [-0.25, -0.2) is 0 Å². The fraction of sp³-hybridized carbons (Fsp3) is 0.389. The number of ether oxygens (including phenoxy) is 1. The highest BCUT2D eigenvalue weighted by Crippen LogP contribution is 2.34. The number of carbonyl (C=O) groups is 1. The van der Waals surface area contributed by atoms with Crippen molar-refractivity contribution in [3.8, 4) is 5.75 Å². The van der Waals surface area contributed by atoms with E-state index in [0.29, 0.717) is 5.92 Å². The lowest BCUT2D eigenvalue weighted by molar-refractivity contribution is 0.0931. The van der Waals surface area contributed by atoms with Crippen molar-refractivity contribution >= 4 is 5.91 Å². The molecule has 116 valence electrons. The van der Waals surface area contributed by atoms with Gasteiger partial charge in [0.2, 0.25) is 0 Å². The number of hydrogen-bond donors (Lipinski definition) is 2. The highest BCUT2D eigenvalue weighted by atomic mass is 16.5. The number of rotatable bonds is 6. The average Bonchev–Trinajstić information content (AvgIpc) is 3.28. The van der Waals surface area contributed by atoms with E-state index >= 15 is 0 Å². The van der Waals surface area contributed by atoms with Gasteiger partial charge >= 0.3 is 0 Å². The summed E-state index contributed by atoms with van der Waals surface area (Å²) >= 11 is 0. The molecule has 1 atom stereocenters. The molecule has 1 aliphatic rings. The SMILES string of the molecule is COc1cccc(CC(NC(=O)c2cc[nH]c2C)C2CC2)c1. The van der Waals surface area contributed by atoms with Gasteiger partial charge < -0.3 is 15.0 Å². The summed E-state index contributed by atoms with van der Waals surface area (Å²) in [5.74, 6) is 1.47. The van der Waals surface area contributed by atoms with Crippen molar-refractivity contribution in [2.45, 2.75) is 32.2 Å². The third kappa shape index (κ3) is 3.32. The van der Waals surface area contributed by atoms with Crippen LogP contribution >= 0.6 is 0 Å². The number of benzene rings is 1. The van der Waals surface area contributed by atoms with Gasteiger partial charge in [0.15, 0.2) is 0 Å². The van der Waals surface area contributed by atoms with Crippen LogP contribution in [0.5, 0.6) is 5.75 Å². The summed E-state index contributed by atoms with van der Waals surface area (Å²) in [6, 6.07) is 10.1. The largest absolute Gasteiger partial charge is 0.497 e. The number of aryl methyl sites for hydroxylation is 1. The third-order valence-electron chi connectivity index (χ3n) is 4.30. The van der Waals surface area contributed by atoms with Gasteiger partial charge in [0.1, 0.15) is 5.75 Å². The van der Waals surface area contributed by atoms with Crippen molar-refractivity contribution in [1.82, 2.24) is 10.3 Å². The van der Waals surface area contributed by atoms with Gasteiger partial charge in [-0.15, -0.1) is 0 Å². The maximum atomic E-state index is 12.4. The van der Waals surface area contributed by atoms with Crippen LogP contribution in [0.1, 0.15) is 34.5 Å². The molecular formula is C18H22N2O2. The Morgan fingerprint density at radius 3 is 2.86 bits per heavy atom. The van der Waals surface area contributed by atoms with Gasteiger partial charge in [0.05, 0.1) is 12.7 Å². The number of aromatic amines is 1. The molecule has 0 bridgehead atoms. The van der Waals surface area contributed by atoms with Crippen LogP contribution in [0.2, 0.25) is 0 Å². The summed E-state index contributed by atoms with van der Waals surface area (Å²) in [5, 5.41) is 3.21. The Morgan fingerprint density at radius 2 is 2.23 bits per heavy atom. The van der Waals surface area contributed by atoms with Crippen molar-refractivity contribution in [3.63, 3.8) is 0 Å². The third-order valence-corrected chi connectivity index (χ3v) is 4.30. The second kappa shape index (κ2) is 6.26. The Hall–Kier alpha value is -2.23. The van der Waals surface area contributed by atoms with E-state index in [1.54, 1.807) is 13.3 Å². The summed E-state index contributed by atoms with van der Waals surface area (Å²) in [4.78, 5) is 15.5. The Bertz CT molecular complexity index is 659. The average molecular weight is 298 g/mol. The maximum absolute atomic E-state index is 12.4. The van der Waals surface area contributed by atoms with E-state index in [2.05, 4.69) is 16.4 Å². The molecule has 2 N–H and O–H groups in total. The van der Waals surface area contributed by atoms with Crippen molar-refractivity contribution in [3.05, 3.63) is 53.3 Å². The molecule has 22 heavy (non-hydrogen) atoms. The second-order valence-electron chi connectivity index (χ2n) is 5.99. The smallest absolute Gasteiger partial charge is 0.253 e. The van der Waals surface area contributed by atoms with Crippen LogP contribution in [-0.2, 0) is 6.42 Å². The maximum Gasteiger partial charge on any atom is 0.253 e. The molecule has 0 radical (unpaired) electrons. The molecule has 1 aromatic carbocycles.